The number of aliphatic carboxylic acids is 1. The Hall–Kier alpha value is -2.66. The molecular weight excluding hydrogens is 282 g/mol. The number of carbonyl (C=O) groups is 2. The summed E-state index contributed by atoms with van der Waals surface area (Å²) in [6.45, 7) is 1.89. The average molecular weight is 299 g/mol. The van der Waals surface area contributed by atoms with Crippen molar-refractivity contribution in [3.63, 3.8) is 0 Å². The Morgan fingerprint density at radius 3 is 2.14 bits per heavy atom. The number of hydrogen-bond donors (Lipinski definition) is 3. The smallest absolute Gasteiger partial charge is 0.329 e. The lowest BCUT2D eigenvalue weighted by Crippen LogP contribution is -2.45. The van der Waals surface area contributed by atoms with Gasteiger partial charge in [0.25, 0.3) is 5.91 Å². The van der Waals surface area contributed by atoms with E-state index in [0.717, 1.165) is 5.56 Å². The first-order valence-electron chi connectivity index (χ1n) is 6.82. The zero-order valence-corrected chi connectivity index (χ0v) is 12.1. The first-order chi connectivity index (χ1) is 10.5. The molecule has 5 heteroatoms. The fraction of sp³-hybridized carbons (Fsp3) is 0.176. The molecule has 2 unspecified atom stereocenters. The number of amides is 1. The van der Waals surface area contributed by atoms with E-state index < -0.39 is 24.0 Å². The zero-order chi connectivity index (χ0) is 16.1. The van der Waals surface area contributed by atoms with Crippen LogP contribution in [0.1, 0.15) is 27.6 Å². The maximum absolute atomic E-state index is 12.1. The lowest BCUT2D eigenvalue weighted by Gasteiger charge is -2.20. The fourth-order valence-corrected chi connectivity index (χ4v) is 2.05. The van der Waals surface area contributed by atoms with Gasteiger partial charge < -0.3 is 15.5 Å². The van der Waals surface area contributed by atoms with Crippen molar-refractivity contribution in [2.45, 2.75) is 19.1 Å². The Bertz CT molecular complexity index is 652. The Kier molecular flexibility index (Phi) is 4.91. The molecule has 2 aromatic carbocycles. The van der Waals surface area contributed by atoms with Crippen LogP contribution in [0.5, 0.6) is 0 Å². The molecule has 0 radical (unpaired) electrons. The van der Waals surface area contributed by atoms with Gasteiger partial charge in [0.05, 0.1) is 0 Å². The predicted octanol–water partition coefficient (Wildman–Crippen LogP) is 1.91. The first-order valence-corrected chi connectivity index (χ1v) is 6.82. The molecule has 0 heterocycles. The molecular formula is C17H17NO4. The molecule has 114 valence electrons. The Morgan fingerprint density at radius 1 is 1.00 bits per heavy atom. The molecule has 1 amide bonds. The number of aliphatic hydroxyl groups is 1. The molecule has 2 aromatic rings. The molecule has 0 aliphatic carbocycles. The van der Waals surface area contributed by atoms with Gasteiger partial charge in [-0.05, 0) is 24.6 Å². The van der Waals surface area contributed by atoms with Crippen LogP contribution in [0.4, 0.5) is 0 Å². The highest BCUT2D eigenvalue weighted by atomic mass is 16.4. The van der Waals surface area contributed by atoms with Gasteiger partial charge in [-0.1, -0.05) is 48.0 Å². The van der Waals surface area contributed by atoms with Crippen LogP contribution in [-0.2, 0) is 4.79 Å². The highest BCUT2D eigenvalue weighted by molar-refractivity contribution is 5.96. The van der Waals surface area contributed by atoms with E-state index in [4.69, 9.17) is 0 Å². The van der Waals surface area contributed by atoms with Crippen molar-refractivity contribution < 1.29 is 19.8 Å². The highest BCUT2D eigenvalue weighted by Gasteiger charge is 2.29. The summed E-state index contributed by atoms with van der Waals surface area (Å²) in [4.78, 5) is 23.5. The van der Waals surface area contributed by atoms with Crippen LogP contribution in [0.2, 0.25) is 0 Å². The molecule has 0 bridgehead atoms. The van der Waals surface area contributed by atoms with Gasteiger partial charge in [-0.25, -0.2) is 4.79 Å². The van der Waals surface area contributed by atoms with Crippen LogP contribution in [0, 0.1) is 6.92 Å². The molecule has 0 aliphatic rings. The standard InChI is InChI=1S/C17H17NO4/c1-11-7-9-13(10-8-11)16(20)18-14(17(21)22)15(19)12-5-3-2-4-6-12/h2-10,14-15,19H,1H3,(H,18,20)(H,21,22). The minimum absolute atomic E-state index is 0.345. The second-order valence-corrected chi connectivity index (χ2v) is 5.01. The number of aryl methyl sites for hydroxylation is 1. The molecule has 0 saturated heterocycles. The van der Waals surface area contributed by atoms with Gasteiger partial charge in [0.1, 0.15) is 6.10 Å². The van der Waals surface area contributed by atoms with E-state index in [0.29, 0.717) is 11.1 Å². The summed E-state index contributed by atoms with van der Waals surface area (Å²) >= 11 is 0. The van der Waals surface area contributed by atoms with Crippen molar-refractivity contribution in [1.82, 2.24) is 5.32 Å². The summed E-state index contributed by atoms with van der Waals surface area (Å²) in [6.07, 6.45) is -1.33. The van der Waals surface area contributed by atoms with E-state index in [9.17, 15) is 19.8 Å². The van der Waals surface area contributed by atoms with Crippen LogP contribution in [-0.4, -0.2) is 28.1 Å². The maximum Gasteiger partial charge on any atom is 0.329 e. The number of carboxylic acids is 1. The van der Waals surface area contributed by atoms with Gasteiger partial charge in [0, 0.05) is 5.56 Å². The van der Waals surface area contributed by atoms with E-state index in [2.05, 4.69) is 5.32 Å². The molecule has 0 saturated carbocycles. The van der Waals surface area contributed by atoms with Gasteiger partial charge in [-0.2, -0.15) is 0 Å². The number of rotatable bonds is 5. The van der Waals surface area contributed by atoms with Gasteiger partial charge >= 0.3 is 5.97 Å². The summed E-state index contributed by atoms with van der Waals surface area (Å²) in [5, 5.41) is 21.8. The highest BCUT2D eigenvalue weighted by Crippen LogP contribution is 2.17. The number of benzene rings is 2. The van der Waals surface area contributed by atoms with Gasteiger partial charge in [-0.15, -0.1) is 0 Å². The quantitative estimate of drug-likeness (QED) is 0.787. The zero-order valence-electron chi connectivity index (χ0n) is 12.1. The topological polar surface area (TPSA) is 86.6 Å². The minimum Gasteiger partial charge on any atom is -0.480 e. The van der Waals surface area contributed by atoms with Gasteiger partial charge in [0.15, 0.2) is 6.04 Å². The van der Waals surface area contributed by atoms with Gasteiger partial charge in [-0.3, -0.25) is 4.79 Å². The van der Waals surface area contributed by atoms with E-state index >= 15 is 0 Å². The van der Waals surface area contributed by atoms with Crippen molar-refractivity contribution in [3.8, 4) is 0 Å². The van der Waals surface area contributed by atoms with E-state index in [-0.39, 0.29) is 0 Å². The average Bonchev–Trinajstić information content (AvgIpc) is 2.53. The normalized spacial score (nSPS) is 13.2. The SMILES string of the molecule is Cc1ccc(C(=O)NC(C(=O)O)C(O)c2ccccc2)cc1. The van der Waals surface area contributed by atoms with E-state index in [1.165, 1.54) is 0 Å². The third-order valence-corrected chi connectivity index (χ3v) is 3.32. The Balaban J connectivity index is 2.17. The van der Waals surface area contributed by atoms with E-state index in [1.807, 2.05) is 6.92 Å². The monoisotopic (exact) mass is 299 g/mol. The first kappa shape index (κ1) is 15.7. The summed E-state index contributed by atoms with van der Waals surface area (Å²) in [5.74, 6) is -1.83. The molecule has 0 aromatic heterocycles. The largest absolute Gasteiger partial charge is 0.480 e. The number of carbonyl (C=O) groups excluding carboxylic acids is 1. The summed E-state index contributed by atoms with van der Waals surface area (Å²) < 4.78 is 0. The predicted molar refractivity (Wildman–Crippen MR) is 81.5 cm³/mol. The van der Waals surface area contributed by atoms with Crippen molar-refractivity contribution in [3.05, 3.63) is 71.3 Å². The number of nitrogens with one attached hydrogen (secondary N) is 1. The summed E-state index contributed by atoms with van der Waals surface area (Å²) in [7, 11) is 0. The van der Waals surface area contributed by atoms with Gasteiger partial charge in [0.2, 0.25) is 0 Å². The molecule has 0 aliphatic heterocycles. The third kappa shape index (κ3) is 3.71. The van der Waals surface area contributed by atoms with E-state index in [1.54, 1.807) is 54.6 Å². The maximum atomic E-state index is 12.1. The number of carboxylic acid groups (broad SMARTS) is 1. The number of hydrogen-bond acceptors (Lipinski definition) is 3. The number of aliphatic hydroxyl groups excluding tert-OH is 1. The third-order valence-electron chi connectivity index (χ3n) is 3.32. The lowest BCUT2D eigenvalue weighted by molar-refractivity contribution is -0.142. The van der Waals surface area contributed by atoms with Crippen LogP contribution < -0.4 is 5.32 Å². The van der Waals surface area contributed by atoms with Crippen molar-refractivity contribution in [1.29, 1.82) is 0 Å². The molecule has 2 rings (SSSR count). The molecule has 22 heavy (non-hydrogen) atoms. The van der Waals surface area contributed by atoms with Crippen molar-refractivity contribution >= 4 is 11.9 Å². The lowest BCUT2D eigenvalue weighted by atomic mass is 10.0. The molecule has 0 fully saturated rings. The molecule has 0 spiro atoms. The van der Waals surface area contributed by atoms with Crippen LogP contribution in [0.3, 0.4) is 0 Å². The fourth-order valence-electron chi connectivity index (χ4n) is 2.05. The van der Waals surface area contributed by atoms with Crippen molar-refractivity contribution in [2.24, 2.45) is 0 Å². The summed E-state index contributed by atoms with van der Waals surface area (Å²) in [5.41, 5.74) is 1.77. The molecule has 5 nitrogen and oxygen atoms in total. The van der Waals surface area contributed by atoms with Crippen molar-refractivity contribution in [2.75, 3.05) is 0 Å². The molecule has 2 atom stereocenters. The van der Waals surface area contributed by atoms with Crippen LogP contribution in [0.25, 0.3) is 0 Å². The minimum atomic E-state index is -1.42. The second-order valence-electron chi connectivity index (χ2n) is 5.01. The Morgan fingerprint density at radius 2 is 1.59 bits per heavy atom. The summed E-state index contributed by atoms with van der Waals surface area (Å²) in [6, 6.07) is 13.7. The second kappa shape index (κ2) is 6.87. The Labute approximate surface area is 128 Å². The van der Waals surface area contributed by atoms with Crippen LogP contribution in [0.15, 0.2) is 54.6 Å². The van der Waals surface area contributed by atoms with Crippen LogP contribution >= 0.6 is 0 Å². The molecule has 3 N–H and O–H groups in total.